The molecule has 0 radical (unpaired) electrons. The average molecular weight is 313 g/mol. The van der Waals surface area contributed by atoms with E-state index in [4.69, 9.17) is 4.74 Å². The van der Waals surface area contributed by atoms with Crippen LogP contribution in [0, 0.1) is 5.82 Å². The maximum Gasteiger partial charge on any atom is 0.428 e. The molecule has 0 unspecified atom stereocenters. The standard InChI is InChI=1S/C14H14F3N3O2/c15-10-7-9(11-8-22-13(21)19-18-11)1-2-12(10)20-5-3-14(16,17)4-6-20/h1-2,7H,3-6,8H2,(H,19,21). The highest BCUT2D eigenvalue weighted by Crippen LogP contribution is 2.31. The summed E-state index contributed by atoms with van der Waals surface area (Å²) in [6.45, 7) is 0.188. The summed E-state index contributed by atoms with van der Waals surface area (Å²) in [6.07, 6.45) is -1.21. The number of amides is 1. The highest BCUT2D eigenvalue weighted by molar-refractivity contribution is 6.03. The third-order valence-electron chi connectivity index (χ3n) is 3.74. The monoisotopic (exact) mass is 313 g/mol. The molecule has 0 bridgehead atoms. The zero-order valence-electron chi connectivity index (χ0n) is 11.6. The molecule has 8 heteroatoms. The second-order valence-corrected chi connectivity index (χ2v) is 5.26. The minimum Gasteiger partial charge on any atom is -0.442 e. The lowest BCUT2D eigenvalue weighted by Gasteiger charge is -2.33. The van der Waals surface area contributed by atoms with Crippen LogP contribution in [0.5, 0.6) is 0 Å². The third-order valence-corrected chi connectivity index (χ3v) is 3.74. The highest BCUT2D eigenvalue weighted by atomic mass is 19.3. The molecule has 2 aliphatic rings. The highest BCUT2D eigenvalue weighted by Gasteiger charge is 2.34. The Kier molecular flexibility index (Phi) is 3.67. The van der Waals surface area contributed by atoms with Gasteiger partial charge in [-0.15, -0.1) is 0 Å². The fourth-order valence-corrected chi connectivity index (χ4v) is 2.48. The number of nitrogens with zero attached hydrogens (tertiary/aromatic N) is 2. The number of rotatable bonds is 2. The number of nitrogens with one attached hydrogen (secondary N) is 1. The summed E-state index contributed by atoms with van der Waals surface area (Å²) >= 11 is 0. The van der Waals surface area contributed by atoms with Crippen LogP contribution < -0.4 is 10.3 Å². The number of hydrogen-bond acceptors (Lipinski definition) is 4. The molecule has 1 aromatic carbocycles. The molecule has 0 saturated carbocycles. The second-order valence-electron chi connectivity index (χ2n) is 5.26. The molecule has 0 aromatic heterocycles. The summed E-state index contributed by atoms with van der Waals surface area (Å²) in [6, 6.07) is 4.43. The molecule has 1 amide bonds. The molecular formula is C14H14F3N3O2. The van der Waals surface area contributed by atoms with Gasteiger partial charge in [-0.05, 0) is 12.1 Å². The van der Waals surface area contributed by atoms with Crippen molar-refractivity contribution in [3.63, 3.8) is 0 Å². The van der Waals surface area contributed by atoms with E-state index >= 15 is 0 Å². The van der Waals surface area contributed by atoms with E-state index in [0.717, 1.165) is 0 Å². The minimum atomic E-state index is -2.67. The lowest BCUT2D eigenvalue weighted by Crippen LogP contribution is -2.39. The summed E-state index contributed by atoms with van der Waals surface area (Å²) in [5.74, 6) is -3.18. The largest absolute Gasteiger partial charge is 0.442 e. The van der Waals surface area contributed by atoms with Crippen molar-refractivity contribution < 1.29 is 22.7 Å². The van der Waals surface area contributed by atoms with Crippen LogP contribution in [-0.2, 0) is 4.74 Å². The van der Waals surface area contributed by atoms with Gasteiger partial charge in [-0.3, -0.25) is 0 Å². The van der Waals surface area contributed by atoms with Gasteiger partial charge in [-0.2, -0.15) is 5.10 Å². The maximum atomic E-state index is 14.2. The molecule has 2 aliphatic heterocycles. The molecule has 1 N–H and O–H groups in total. The first kappa shape index (κ1) is 14.7. The van der Waals surface area contributed by atoms with Crippen molar-refractivity contribution in [3.8, 4) is 0 Å². The number of carbonyl (C=O) groups excluding carboxylic acids is 1. The quantitative estimate of drug-likeness (QED) is 0.913. The first-order valence-electron chi connectivity index (χ1n) is 6.87. The van der Waals surface area contributed by atoms with Crippen molar-refractivity contribution in [2.75, 3.05) is 24.6 Å². The van der Waals surface area contributed by atoms with Crippen LogP contribution in [0.15, 0.2) is 23.3 Å². The molecule has 118 valence electrons. The minimum absolute atomic E-state index is 0.0411. The summed E-state index contributed by atoms with van der Waals surface area (Å²) in [5, 5.41) is 3.80. The smallest absolute Gasteiger partial charge is 0.428 e. The first-order valence-corrected chi connectivity index (χ1v) is 6.87. The molecule has 1 aromatic rings. The van der Waals surface area contributed by atoms with Crippen molar-refractivity contribution in [1.29, 1.82) is 0 Å². The van der Waals surface area contributed by atoms with Crippen LogP contribution in [0.1, 0.15) is 18.4 Å². The van der Waals surface area contributed by atoms with Crippen molar-refractivity contribution in [2.24, 2.45) is 5.10 Å². The second kappa shape index (κ2) is 5.51. The Morgan fingerprint density at radius 3 is 2.59 bits per heavy atom. The van der Waals surface area contributed by atoms with Crippen LogP contribution >= 0.6 is 0 Å². The SMILES string of the molecule is O=C1NN=C(c2ccc(N3CCC(F)(F)CC3)c(F)c2)CO1. The Labute approximate surface area is 124 Å². The predicted octanol–water partition coefficient (Wildman–Crippen LogP) is 2.51. The Balaban J connectivity index is 1.77. The van der Waals surface area contributed by atoms with Crippen molar-refractivity contribution in [3.05, 3.63) is 29.6 Å². The Hall–Kier alpha value is -2.25. The number of halogens is 3. The Morgan fingerprint density at radius 1 is 1.27 bits per heavy atom. The number of carbonyl (C=O) groups is 1. The predicted molar refractivity (Wildman–Crippen MR) is 73.8 cm³/mol. The van der Waals surface area contributed by atoms with Crippen LogP contribution in [0.3, 0.4) is 0 Å². The van der Waals surface area contributed by atoms with Gasteiger partial charge in [-0.1, -0.05) is 6.07 Å². The van der Waals surface area contributed by atoms with Gasteiger partial charge in [0.15, 0.2) is 0 Å². The van der Waals surface area contributed by atoms with Crippen LogP contribution in [0.4, 0.5) is 23.7 Å². The van der Waals surface area contributed by atoms with Gasteiger partial charge < -0.3 is 9.64 Å². The van der Waals surface area contributed by atoms with Crippen LogP contribution in [0.2, 0.25) is 0 Å². The van der Waals surface area contributed by atoms with Crippen molar-refractivity contribution >= 4 is 17.5 Å². The Bertz CT molecular complexity index is 624. The van der Waals surface area contributed by atoms with Gasteiger partial charge in [-0.25, -0.2) is 23.4 Å². The molecular weight excluding hydrogens is 299 g/mol. The topological polar surface area (TPSA) is 53.9 Å². The molecule has 0 aliphatic carbocycles. The van der Waals surface area contributed by atoms with Gasteiger partial charge in [0.25, 0.3) is 5.92 Å². The van der Waals surface area contributed by atoms with Gasteiger partial charge in [0.1, 0.15) is 18.1 Å². The molecule has 1 fully saturated rings. The molecule has 3 rings (SSSR count). The first-order chi connectivity index (χ1) is 10.4. The van der Waals surface area contributed by atoms with E-state index in [1.165, 1.54) is 12.1 Å². The van der Waals surface area contributed by atoms with Crippen molar-refractivity contribution in [1.82, 2.24) is 5.43 Å². The maximum absolute atomic E-state index is 14.2. The van der Waals surface area contributed by atoms with E-state index in [1.807, 2.05) is 0 Å². The number of piperidine rings is 1. The normalized spacial score (nSPS) is 21.0. The zero-order valence-corrected chi connectivity index (χ0v) is 11.6. The van der Waals surface area contributed by atoms with Crippen LogP contribution in [-0.4, -0.2) is 37.4 Å². The lowest BCUT2D eigenvalue weighted by atomic mass is 10.0. The van der Waals surface area contributed by atoms with Gasteiger partial charge in [0, 0.05) is 31.5 Å². The van der Waals surface area contributed by atoms with Crippen LogP contribution in [0.25, 0.3) is 0 Å². The van der Waals surface area contributed by atoms with E-state index in [-0.39, 0.29) is 32.5 Å². The van der Waals surface area contributed by atoms with E-state index in [9.17, 15) is 18.0 Å². The molecule has 22 heavy (non-hydrogen) atoms. The summed E-state index contributed by atoms with van der Waals surface area (Å²) in [4.78, 5) is 12.4. The number of cyclic esters (lactones) is 1. The Morgan fingerprint density at radius 2 is 2.00 bits per heavy atom. The number of hydrazone groups is 1. The van der Waals surface area contributed by atoms with Gasteiger partial charge in [0.05, 0.1) is 5.69 Å². The fourth-order valence-electron chi connectivity index (χ4n) is 2.48. The molecule has 2 heterocycles. The van der Waals surface area contributed by atoms with Gasteiger partial charge in [0.2, 0.25) is 0 Å². The summed E-state index contributed by atoms with van der Waals surface area (Å²) in [7, 11) is 0. The van der Waals surface area contributed by atoms with E-state index < -0.39 is 17.8 Å². The number of ether oxygens (including phenoxy) is 1. The summed E-state index contributed by atoms with van der Waals surface area (Å²) < 4.78 is 45.3. The third kappa shape index (κ3) is 3.00. The zero-order chi connectivity index (χ0) is 15.7. The number of alkyl halides is 2. The van der Waals surface area contributed by atoms with E-state index in [2.05, 4.69) is 10.5 Å². The van der Waals surface area contributed by atoms with E-state index in [1.54, 1.807) is 11.0 Å². The fraction of sp³-hybridized carbons (Fsp3) is 0.429. The lowest BCUT2D eigenvalue weighted by molar-refractivity contribution is -0.0221. The number of hydrogen-bond donors (Lipinski definition) is 1. The molecule has 0 atom stereocenters. The number of benzene rings is 1. The number of anilines is 1. The summed E-state index contributed by atoms with van der Waals surface area (Å²) in [5.41, 5.74) is 3.31. The van der Waals surface area contributed by atoms with Crippen molar-refractivity contribution in [2.45, 2.75) is 18.8 Å². The van der Waals surface area contributed by atoms with E-state index in [0.29, 0.717) is 17.0 Å². The molecule has 0 spiro atoms. The molecule has 5 nitrogen and oxygen atoms in total. The van der Waals surface area contributed by atoms with Gasteiger partial charge >= 0.3 is 6.09 Å². The average Bonchev–Trinajstić information content (AvgIpc) is 2.48. The molecule has 1 saturated heterocycles.